The predicted octanol–water partition coefficient (Wildman–Crippen LogP) is -0.173. The van der Waals surface area contributed by atoms with Crippen molar-refractivity contribution >= 4 is 5.96 Å². The molecule has 0 radical (unpaired) electrons. The maximum atomic E-state index is 5.39. The minimum absolute atomic E-state index is 0.0947. The number of methoxy groups -OCH3 is 1. The van der Waals surface area contributed by atoms with Gasteiger partial charge in [0, 0.05) is 20.3 Å². The van der Waals surface area contributed by atoms with Crippen molar-refractivity contribution in [3.05, 3.63) is 0 Å². The number of nitrogens with zero attached hydrogens (tertiary/aromatic N) is 1. The molecule has 0 aliphatic heterocycles. The molecule has 0 aromatic rings. The zero-order valence-electron chi connectivity index (χ0n) is 8.63. The van der Waals surface area contributed by atoms with E-state index in [2.05, 4.69) is 24.3 Å². The highest BCUT2D eigenvalue weighted by Crippen LogP contribution is 2.20. The van der Waals surface area contributed by atoms with Crippen molar-refractivity contribution in [1.29, 1.82) is 0 Å². The van der Waals surface area contributed by atoms with Gasteiger partial charge in [-0.15, -0.1) is 0 Å². The van der Waals surface area contributed by atoms with Crippen molar-refractivity contribution in [2.24, 2.45) is 22.0 Å². The number of guanidine groups is 1. The molecule has 5 heteroatoms. The van der Waals surface area contributed by atoms with Gasteiger partial charge in [-0.3, -0.25) is 10.4 Å². The molecule has 0 atom stereocenters. The van der Waals surface area contributed by atoms with Crippen LogP contribution in [0.15, 0.2) is 4.99 Å². The Morgan fingerprint density at radius 1 is 1.54 bits per heavy atom. The molecule has 0 aliphatic rings. The Balaban J connectivity index is 3.87. The smallest absolute Gasteiger partial charge is 0.203 e. The van der Waals surface area contributed by atoms with E-state index in [1.807, 2.05) is 0 Å². The van der Waals surface area contributed by atoms with Crippen LogP contribution in [0.3, 0.4) is 0 Å². The van der Waals surface area contributed by atoms with Gasteiger partial charge in [0.15, 0.2) is 0 Å². The summed E-state index contributed by atoms with van der Waals surface area (Å²) in [7, 11) is 1.69. The Morgan fingerprint density at radius 3 is 2.62 bits per heavy atom. The van der Waals surface area contributed by atoms with Crippen LogP contribution in [-0.4, -0.2) is 26.2 Å². The van der Waals surface area contributed by atoms with Gasteiger partial charge < -0.3 is 10.5 Å². The maximum Gasteiger partial charge on any atom is 0.203 e. The average molecular weight is 188 g/mol. The number of hydrogen-bond donors (Lipinski definition) is 3. The molecule has 0 fully saturated rings. The van der Waals surface area contributed by atoms with Gasteiger partial charge in [-0.1, -0.05) is 13.8 Å². The van der Waals surface area contributed by atoms with E-state index in [1.165, 1.54) is 0 Å². The van der Waals surface area contributed by atoms with E-state index in [4.69, 9.17) is 16.3 Å². The standard InChI is InChI=1S/C8H20N4O/c1-8(2,4-5-13-3)6-11-7(9)12-10/h4-6,10H2,1-3H3,(H3,9,11,12). The van der Waals surface area contributed by atoms with Crippen LogP contribution in [0.2, 0.25) is 0 Å². The van der Waals surface area contributed by atoms with Gasteiger partial charge in [0.2, 0.25) is 5.96 Å². The molecule has 78 valence electrons. The molecule has 0 heterocycles. The molecule has 0 rings (SSSR count). The molecule has 0 amide bonds. The van der Waals surface area contributed by atoms with Crippen LogP contribution in [0.1, 0.15) is 20.3 Å². The summed E-state index contributed by atoms with van der Waals surface area (Å²) in [5.41, 5.74) is 7.78. The van der Waals surface area contributed by atoms with E-state index < -0.39 is 0 Å². The number of aliphatic imine (C=N–C) groups is 1. The van der Waals surface area contributed by atoms with Crippen LogP contribution in [0, 0.1) is 5.41 Å². The van der Waals surface area contributed by atoms with Crippen molar-refractivity contribution in [3.63, 3.8) is 0 Å². The molecule has 13 heavy (non-hydrogen) atoms. The third kappa shape index (κ3) is 6.36. The first kappa shape index (κ1) is 12.2. The summed E-state index contributed by atoms with van der Waals surface area (Å²) in [6.45, 7) is 5.60. The van der Waals surface area contributed by atoms with Crippen LogP contribution in [-0.2, 0) is 4.74 Å². The number of hydrazine groups is 1. The van der Waals surface area contributed by atoms with Crippen molar-refractivity contribution in [2.45, 2.75) is 20.3 Å². The van der Waals surface area contributed by atoms with E-state index in [1.54, 1.807) is 7.11 Å². The van der Waals surface area contributed by atoms with Gasteiger partial charge in [-0.05, 0) is 11.8 Å². The summed E-state index contributed by atoms with van der Waals surface area (Å²) in [6.07, 6.45) is 0.949. The molecule has 0 unspecified atom stereocenters. The molecule has 5 nitrogen and oxygen atoms in total. The highest BCUT2D eigenvalue weighted by atomic mass is 16.5. The Kier molecular flexibility index (Phi) is 5.41. The van der Waals surface area contributed by atoms with Gasteiger partial charge in [0.25, 0.3) is 0 Å². The Hall–Kier alpha value is -0.810. The van der Waals surface area contributed by atoms with Gasteiger partial charge in [0.1, 0.15) is 0 Å². The molecule has 0 aromatic carbocycles. The minimum Gasteiger partial charge on any atom is -0.385 e. The van der Waals surface area contributed by atoms with Gasteiger partial charge >= 0.3 is 0 Å². The normalized spacial score (nSPS) is 13.1. The molecule has 0 aromatic heterocycles. The second-order valence-corrected chi connectivity index (χ2v) is 3.75. The highest BCUT2D eigenvalue weighted by molar-refractivity contribution is 5.77. The van der Waals surface area contributed by atoms with Crippen molar-refractivity contribution in [1.82, 2.24) is 5.43 Å². The topological polar surface area (TPSA) is 85.7 Å². The third-order valence-electron chi connectivity index (χ3n) is 1.81. The molecule has 5 N–H and O–H groups in total. The Labute approximate surface area is 79.5 Å². The highest BCUT2D eigenvalue weighted by Gasteiger charge is 2.16. The number of rotatable bonds is 5. The van der Waals surface area contributed by atoms with E-state index >= 15 is 0 Å². The SMILES string of the molecule is COCCC(C)(C)CN=C(N)NN. The molecule has 0 spiro atoms. The van der Waals surface area contributed by atoms with Crippen molar-refractivity contribution < 1.29 is 4.74 Å². The second kappa shape index (κ2) is 5.77. The zero-order valence-corrected chi connectivity index (χ0v) is 8.63. The van der Waals surface area contributed by atoms with E-state index in [0.717, 1.165) is 13.0 Å². The lowest BCUT2D eigenvalue weighted by atomic mass is 9.90. The van der Waals surface area contributed by atoms with Gasteiger partial charge in [-0.2, -0.15) is 0 Å². The van der Waals surface area contributed by atoms with E-state index in [9.17, 15) is 0 Å². The molecule has 0 bridgehead atoms. The third-order valence-corrected chi connectivity index (χ3v) is 1.81. The summed E-state index contributed by atoms with van der Waals surface area (Å²) in [5.74, 6) is 5.34. The fourth-order valence-electron chi connectivity index (χ4n) is 0.802. The fourth-order valence-corrected chi connectivity index (χ4v) is 0.802. The molecule has 0 saturated heterocycles. The summed E-state index contributed by atoms with van der Waals surface area (Å²) in [6, 6.07) is 0. The van der Waals surface area contributed by atoms with Crippen LogP contribution in [0.4, 0.5) is 0 Å². The number of nitrogens with one attached hydrogen (secondary N) is 1. The first-order valence-electron chi connectivity index (χ1n) is 4.27. The lowest BCUT2D eigenvalue weighted by Gasteiger charge is -2.21. The van der Waals surface area contributed by atoms with Crippen molar-refractivity contribution in [3.8, 4) is 0 Å². The molecular weight excluding hydrogens is 168 g/mol. The summed E-state index contributed by atoms with van der Waals surface area (Å²) < 4.78 is 4.99. The average Bonchev–Trinajstić information content (AvgIpc) is 2.11. The predicted molar refractivity (Wildman–Crippen MR) is 54.1 cm³/mol. The maximum absolute atomic E-state index is 5.39. The zero-order chi connectivity index (χ0) is 10.3. The summed E-state index contributed by atoms with van der Waals surface area (Å²) in [5, 5.41) is 0. The van der Waals surface area contributed by atoms with Gasteiger partial charge in [-0.25, -0.2) is 5.84 Å². The molecule has 0 aliphatic carbocycles. The van der Waals surface area contributed by atoms with Gasteiger partial charge in [0.05, 0.1) is 0 Å². The summed E-state index contributed by atoms with van der Waals surface area (Å²) >= 11 is 0. The first-order chi connectivity index (χ1) is 6.02. The van der Waals surface area contributed by atoms with Crippen LogP contribution in [0.25, 0.3) is 0 Å². The Bertz CT molecular complexity index is 168. The fraction of sp³-hybridized carbons (Fsp3) is 0.875. The lowest BCUT2D eigenvalue weighted by molar-refractivity contribution is 0.155. The summed E-state index contributed by atoms with van der Waals surface area (Å²) in [4.78, 5) is 4.07. The van der Waals surface area contributed by atoms with Crippen LogP contribution >= 0.6 is 0 Å². The first-order valence-corrected chi connectivity index (χ1v) is 4.27. The monoisotopic (exact) mass is 188 g/mol. The van der Waals surface area contributed by atoms with Crippen LogP contribution in [0.5, 0.6) is 0 Å². The van der Waals surface area contributed by atoms with E-state index in [0.29, 0.717) is 6.54 Å². The largest absolute Gasteiger partial charge is 0.385 e. The second-order valence-electron chi connectivity index (χ2n) is 3.75. The number of ether oxygens (including phenoxy) is 1. The number of hydrogen-bond acceptors (Lipinski definition) is 3. The molecular formula is C8H20N4O. The van der Waals surface area contributed by atoms with E-state index in [-0.39, 0.29) is 11.4 Å². The number of nitrogens with two attached hydrogens (primary N) is 2. The van der Waals surface area contributed by atoms with Crippen molar-refractivity contribution in [2.75, 3.05) is 20.3 Å². The Morgan fingerprint density at radius 2 is 2.15 bits per heavy atom. The van der Waals surface area contributed by atoms with Crippen LogP contribution < -0.4 is 17.0 Å². The lowest BCUT2D eigenvalue weighted by Crippen LogP contribution is -2.38. The molecule has 0 saturated carbocycles. The minimum atomic E-state index is 0.0947. The quantitative estimate of drug-likeness (QED) is 0.242.